The second kappa shape index (κ2) is 7.58. The number of carbonyl (C=O) groups excluding carboxylic acids is 1. The second-order valence-electron chi connectivity index (χ2n) is 5.99. The zero-order valence-electron chi connectivity index (χ0n) is 14.1. The van der Waals surface area contributed by atoms with Crippen LogP contribution in [0.15, 0.2) is 66.2 Å². The van der Waals surface area contributed by atoms with Gasteiger partial charge in [-0.25, -0.2) is 4.98 Å². The number of ether oxygens (including phenoxy) is 2. The molecule has 0 spiro atoms. The summed E-state index contributed by atoms with van der Waals surface area (Å²) >= 11 is 1.64. The topological polar surface area (TPSA) is 51.7 Å². The van der Waals surface area contributed by atoms with Gasteiger partial charge in [0, 0.05) is 11.1 Å². The van der Waals surface area contributed by atoms with E-state index in [1.54, 1.807) is 34.6 Å². The molecule has 0 saturated carbocycles. The molecule has 4 rings (SSSR count). The highest BCUT2D eigenvalue weighted by molar-refractivity contribution is 7.09. The molecule has 6 heteroatoms. The number of thiophene rings is 1. The molecule has 0 N–H and O–H groups in total. The predicted octanol–water partition coefficient (Wildman–Crippen LogP) is 3.63. The van der Waals surface area contributed by atoms with E-state index >= 15 is 0 Å². The van der Waals surface area contributed by atoms with Crippen LogP contribution < -0.4 is 9.47 Å². The van der Waals surface area contributed by atoms with Crippen molar-refractivity contribution in [3.63, 3.8) is 0 Å². The van der Waals surface area contributed by atoms with Crippen LogP contribution in [0.4, 0.5) is 0 Å². The zero-order chi connectivity index (χ0) is 17.8. The summed E-state index contributed by atoms with van der Waals surface area (Å²) in [6, 6.07) is 17.1. The lowest BCUT2D eigenvalue weighted by molar-refractivity contribution is 0.0629. The third kappa shape index (κ3) is 3.70. The molecule has 1 aliphatic rings. The first kappa shape index (κ1) is 16.6. The van der Waals surface area contributed by atoms with Crippen molar-refractivity contribution in [2.75, 3.05) is 13.2 Å². The third-order valence-corrected chi connectivity index (χ3v) is 4.96. The van der Waals surface area contributed by atoms with Crippen molar-refractivity contribution in [2.24, 2.45) is 0 Å². The molecule has 26 heavy (non-hydrogen) atoms. The monoisotopic (exact) mass is 366 g/mol. The number of carbonyl (C=O) groups is 1. The minimum Gasteiger partial charge on any atom is -0.490 e. The van der Waals surface area contributed by atoms with Gasteiger partial charge in [-0.2, -0.15) is 0 Å². The summed E-state index contributed by atoms with van der Waals surface area (Å²) in [5.74, 6) is 1.08. The molecule has 0 radical (unpaired) electrons. The number of hydrogen-bond acceptors (Lipinski definition) is 5. The number of pyridine rings is 1. The fourth-order valence-electron chi connectivity index (χ4n) is 2.86. The summed E-state index contributed by atoms with van der Waals surface area (Å²) in [5.41, 5.74) is 0.492. The van der Waals surface area contributed by atoms with Crippen molar-refractivity contribution >= 4 is 17.2 Å². The van der Waals surface area contributed by atoms with Crippen LogP contribution in [0.25, 0.3) is 0 Å². The van der Waals surface area contributed by atoms with Crippen LogP contribution in [0.3, 0.4) is 0 Å². The summed E-state index contributed by atoms with van der Waals surface area (Å²) < 4.78 is 11.8. The molecular formula is C20H18N2O3S. The highest BCUT2D eigenvalue weighted by Gasteiger charge is 2.30. The molecule has 1 aromatic carbocycles. The molecule has 0 aliphatic carbocycles. The third-order valence-electron chi connectivity index (χ3n) is 4.10. The fourth-order valence-corrected chi connectivity index (χ4v) is 3.58. The highest BCUT2D eigenvalue weighted by Crippen LogP contribution is 2.25. The van der Waals surface area contributed by atoms with Crippen LogP contribution in [0.2, 0.25) is 0 Å². The summed E-state index contributed by atoms with van der Waals surface area (Å²) in [5, 5.41) is 2.01. The highest BCUT2D eigenvalue weighted by atomic mass is 32.1. The van der Waals surface area contributed by atoms with Crippen LogP contribution >= 0.6 is 11.3 Å². The Morgan fingerprint density at radius 2 is 2.04 bits per heavy atom. The second-order valence-corrected chi connectivity index (χ2v) is 7.02. The molecule has 5 nitrogen and oxygen atoms in total. The van der Waals surface area contributed by atoms with Crippen LogP contribution in [0, 0.1) is 0 Å². The number of rotatable bonds is 5. The number of fused-ring (bicyclic) bond motifs is 1. The lowest BCUT2D eigenvalue weighted by Crippen LogP contribution is -2.39. The molecule has 0 bridgehead atoms. The number of para-hydroxylation sites is 1. The number of hydrogen-bond donors (Lipinski definition) is 0. The molecular weight excluding hydrogens is 348 g/mol. The molecule has 1 aliphatic heterocycles. The van der Waals surface area contributed by atoms with Gasteiger partial charge in [0.2, 0.25) is 5.88 Å². The summed E-state index contributed by atoms with van der Waals surface area (Å²) in [6.45, 7) is 1.34. The first-order valence-electron chi connectivity index (χ1n) is 8.41. The van der Waals surface area contributed by atoms with Crippen molar-refractivity contribution < 1.29 is 14.3 Å². The van der Waals surface area contributed by atoms with E-state index in [0.29, 0.717) is 31.1 Å². The van der Waals surface area contributed by atoms with E-state index in [9.17, 15) is 4.79 Å². The van der Waals surface area contributed by atoms with Crippen LogP contribution in [0.5, 0.6) is 11.6 Å². The van der Waals surface area contributed by atoms with Gasteiger partial charge in [-0.1, -0.05) is 24.3 Å². The van der Waals surface area contributed by atoms with Gasteiger partial charge in [0.15, 0.2) is 6.10 Å². The number of amides is 1. The van der Waals surface area contributed by atoms with Gasteiger partial charge >= 0.3 is 0 Å². The number of benzene rings is 1. The van der Waals surface area contributed by atoms with E-state index in [2.05, 4.69) is 4.98 Å². The van der Waals surface area contributed by atoms with Gasteiger partial charge in [0.05, 0.1) is 13.1 Å². The molecule has 1 unspecified atom stereocenters. The Bertz CT molecular complexity index is 868. The van der Waals surface area contributed by atoms with E-state index in [1.807, 2.05) is 47.8 Å². The smallest absolute Gasteiger partial charge is 0.259 e. The van der Waals surface area contributed by atoms with Crippen molar-refractivity contribution in [1.29, 1.82) is 0 Å². The van der Waals surface area contributed by atoms with Crippen molar-refractivity contribution in [1.82, 2.24) is 9.88 Å². The molecule has 132 valence electrons. The van der Waals surface area contributed by atoms with Crippen molar-refractivity contribution in [3.05, 3.63) is 76.6 Å². The van der Waals surface area contributed by atoms with E-state index in [-0.39, 0.29) is 12.0 Å². The van der Waals surface area contributed by atoms with E-state index < -0.39 is 0 Å². The predicted molar refractivity (Wildman–Crippen MR) is 99.6 cm³/mol. The van der Waals surface area contributed by atoms with Gasteiger partial charge < -0.3 is 14.4 Å². The van der Waals surface area contributed by atoms with E-state index in [0.717, 1.165) is 10.6 Å². The van der Waals surface area contributed by atoms with Gasteiger partial charge in [-0.15, -0.1) is 11.3 Å². The average molecular weight is 366 g/mol. The first-order valence-corrected chi connectivity index (χ1v) is 9.29. The lowest BCUT2D eigenvalue weighted by Gasteiger charge is -2.23. The Morgan fingerprint density at radius 3 is 2.85 bits per heavy atom. The molecule has 1 atom stereocenters. The Balaban J connectivity index is 1.55. The van der Waals surface area contributed by atoms with Crippen LogP contribution in [-0.4, -0.2) is 35.0 Å². The van der Waals surface area contributed by atoms with E-state index in [1.165, 1.54) is 0 Å². The maximum atomic E-state index is 13.0. The van der Waals surface area contributed by atoms with Gasteiger partial charge in [-0.3, -0.25) is 4.79 Å². The minimum absolute atomic E-state index is 0.0660. The zero-order valence-corrected chi connectivity index (χ0v) is 14.9. The average Bonchev–Trinajstić information content (AvgIpc) is 3.15. The molecule has 3 aromatic rings. The molecule has 3 heterocycles. The quantitative estimate of drug-likeness (QED) is 0.692. The first-order chi connectivity index (χ1) is 12.8. The molecule has 0 fully saturated rings. The molecule has 0 saturated heterocycles. The van der Waals surface area contributed by atoms with Crippen molar-refractivity contribution in [3.8, 4) is 11.6 Å². The Hall–Kier alpha value is -2.86. The number of aromatic nitrogens is 1. The fraction of sp³-hybridized carbons (Fsp3) is 0.200. The molecule has 2 aromatic heterocycles. The van der Waals surface area contributed by atoms with Crippen LogP contribution in [0.1, 0.15) is 15.2 Å². The van der Waals surface area contributed by atoms with Gasteiger partial charge in [0.25, 0.3) is 5.91 Å². The normalized spacial score (nSPS) is 16.5. The Morgan fingerprint density at radius 1 is 1.15 bits per heavy atom. The Kier molecular flexibility index (Phi) is 4.84. The van der Waals surface area contributed by atoms with Gasteiger partial charge in [0.1, 0.15) is 17.9 Å². The largest absolute Gasteiger partial charge is 0.490 e. The van der Waals surface area contributed by atoms with Crippen molar-refractivity contribution in [2.45, 2.75) is 12.6 Å². The van der Waals surface area contributed by atoms with Gasteiger partial charge in [-0.05, 0) is 35.7 Å². The van der Waals surface area contributed by atoms with E-state index in [4.69, 9.17) is 9.47 Å². The number of nitrogens with zero attached hydrogens (tertiary/aromatic N) is 2. The standard InChI is InChI=1S/C20H18N2O3S/c23-20-18-9-4-10-21-19(18)25-16(14-24-15-6-2-1-3-7-15)12-22(20)13-17-8-5-11-26-17/h1-11,16H,12-14H2. The Labute approximate surface area is 155 Å². The molecule has 1 amide bonds. The summed E-state index contributed by atoms with van der Waals surface area (Å²) in [6.07, 6.45) is 1.34. The van der Waals surface area contributed by atoms with Crippen LogP contribution in [-0.2, 0) is 6.54 Å². The summed E-state index contributed by atoms with van der Waals surface area (Å²) in [7, 11) is 0. The maximum Gasteiger partial charge on any atom is 0.259 e. The SMILES string of the molecule is O=C1c2cccnc2OC(COc2ccccc2)CN1Cc1cccs1. The maximum absolute atomic E-state index is 13.0. The minimum atomic E-state index is -0.296. The summed E-state index contributed by atoms with van der Waals surface area (Å²) in [4.78, 5) is 20.1. The lowest BCUT2D eigenvalue weighted by atomic mass is 10.2.